The van der Waals surface area contributed by atoms with E-state index in [1.54, 1.807) is 63.2 Å². The first-order chi connectivity index (χ1) is 14.2. The number of nitrogens with one attached hydrogen (secondary N) is 3. The minimum Gasteiger partial charge on any atom is -0.454 e. The van der Waals surface area contributed by atoms with Gasteiger partial charge in [-0.2, -0.15) is 0 Å². The minimum atomic E-state index is -0.693. The fraction of sp³-hybridized carbons (Fsp3) is 0.286. The van der Waals surface area contributed by atoms with E-state index in [9.17, 15) is 14.4 Å². The molecule has 3 N–H and O–H groups in total. The van der Waals surface area contributed by atoms with Gasteiger partial charge in [0.25, 0.3) is 5.91 Å². The van der Waals surface area contributed by atoms with Crippen LogP contribution in [0.25, 0.3) is 0 Å². The minimum absolute atomic E-state index is 0.118. The van der Waals surface area contributed by atoms with Crippen LogP contribution in [0.15, 0.2) is 42.5 Å². The molecule has 0 atom stereocenters. The van der Waals surface area contributed by atoms with E-state index in [1.165, 1.54) is 0 Å². The third-order valence-electron chi connectivity index (χ3n) is 3.88. The number of carbonyl (C=O) groups excluding carboxylic acids is 3. The average molecular weight is 413 g/mol. The summed E-state index contributed by atoms with van der Waals surface area (Å²) in [6, 6.07) is 11.6. The first kappa shape index (κ1) is 21.0. The molecule has 1 heterocycles. The Labute approximate surface area is 173 Å². The van der Waals surface area contributed by atoms with Crippen molar-refractivity contribution in [2.75, 3.05) is 24.0 Å². The first-order valence-corrected chi connectivity index (χ1v) is 9.28. The Kier molecular flexibility index (Phi) is 6.10. The van der Waals surface area contributed by atoms with Gasteiger partial charge in [-0.25, -0.2) is 4.79 Å². The number of anilines is 2. The van der Waals surface area contributed by atoms with E-state index < -0.39 is 17.6 Å². The highest BCUT2D eigenvalue weighted by molar-refractivity contribution is 6.07. The maximum Gasteiger partial charge on any atom is 0.408 e. The smallest absolute Gasteiger partial charge is 0.408 e. The van der Waals surface area contributed by atoms with Crippen LogP contribution < -0.4 is 25.4 Å². The zero-order valence-corrected chi connectivity index (χ0v) is 16.9. The maximum absolute atomic E-state index is 12.6. The molecule has 1 aliphatic rings. The van der Waals surface area contributed by atoms with Gasteiger partial charge in [-0.05, 0) is 51.1 Å². The lowest BCUT2D eigenvalue weighted by atomic mass is 10.1. The molecule has 2 aromatic carbocycles. The summed E-state index contributed by atoms with van der Waals surface area (Å²) in [5.41, 5.74) is 0.520. The second kappa shape index (κ2) is 8.73. The zero-order valence-electron chi connectivity index (χ0n) is 16.9. The highest BCUT2D eigenvalue weighted by Gasteiger charge is 2.18. The number of hydrogen-bond donors (Lipinski definition) is 3. The van der Waals surface area contributed by atoms with Crippen LogP contribution in [-0.2, 0) is 9.53 Å². The van der Waals surface area contributed by atoms with Crippen LogP contribution in [0.4, 0.5) is 16.2 Å². The second-order valence-electron chi connectivity index (χ2n) is 7.47. The quantitative estimate of drug-likeness (QED) is 0.694. The Hall–Kier alpha value is -3.75. The van der Waals surface area contributed by atoms with Crippen LogP contribution in [0.1, 0.15) is 31.1 Å². The van der Waals surface area contributed by atoms with E-state index in [0.717, 1.165) is 0 Å². The number of carbonyl (C=O) groups is 3. The zero-order chi connectivity index (χ0) is 21.7. The van der Waals surface area contributed by atoms with Crippen LogP contribution in [-0.4, -0.2) is 36.8 Å². The van der Waals surface area contributed by atoms with Crippen molar-refractivity contribution in [2.45, 2.75) is 26.4 Å². The predicted molar refractivity (Wildman–Crippen MR) is 110 cm³/mol. The molecule has 0 aliphatic carbocycles. The van der Waals surface area contributed by atoms with Crippen molar-refractivity contribution in [1.29, 1.82) is 0 Å². The molecule has 9 heteroatoms. The largest absolute Gasteiger partial charge is 0.454 e. The van der Waals surface area contributed by atoms with Crippen molar-refractivity contribution in [2.24, 2.45) is 0 Å². The van der Waals surface area contributed by atoms with E-state index in [1.807, 2.05) is 0 Å². The molecule has 158 valence electrons. The summed E-state index contributed by atoms with van der Waals surface area (Å²) in [6.45, 7) is 5.02. The van der Waals surface area contributed by atoms with Crippen LogP contribution in [0.3, 0.4) is 0 Å². The van der Waals surface area contributed by atoms with Gasteiger partial charge in [-0.1, -0.05) is 12.1 Å². The Bertz CT molecular complexity index is 967. The number of alkyl carbamates (subject to hydrolysis) is 1. The summed E-state index contributed by atoms with van der Waals surface area (Å²) >= 11 is 0. The molecule has 2 aromatic rings. The van der Waals surface area contributed by atoms with Gasteiger partial charge in [0.2, 0.25) is 12.7 Å². The third kappa shape index (κ3) is 5.63. The Morgan fingerprint density at radius 1 is 0.967 bits per heavy atom. The van der Waals surface area contributed by atoms with Gasteiger partial charge in [-0.15, -0.1) is 0 Å². The third-order valence-corrected chi connectivity index (χ3v) is 3.88. The molecule has 30 heavy (non-hydrogen) atoms. The molecular formula is C21H23N3O6. The van der Waals surface area contributed by atoms with E-state index in [2.05, 4.69) is 16.0 Å². The lowest BCUT2D eigenvalue weighted by molar-refractivity contribution is -0.115. The molecule has 0 bridgehead atoms. The van der Waals surface area contributed by atoms with Gasteiger partial charge < -0.3 is 30.2 Å². The number of rotatable bonds is 5. The predicted octanol–water partition coefficient (Wildman–Crippen LogP) is 3.13. The summed E-state index contributed by atoms with van der Waals surface area (Å²) in [5, 5.41) is 7.80. The van der Waals surface area contributed by atoms with Crippen molar-refractivity contribution >= 4 is 29.3 Å². The standard InChI is InChI=1S/C21H23N3O6/c1-21(2,3)30-20(27)22-11-18(25)23-14-6-4-5-7-15(14)24-19(26)13-8-9-16-17(10-13)29-12-28-16/h4-10H,11-12H2,1-3H3,(H,22,27)(H,23,25)(H,24,26). The number of amides is 3. The summed E-state index contributed by atoms with van der Waals surface area (Å²) in [4.78, 5) is 36.5. The summed E-state index contributed by atoms with van der Waals surface area (Å²) in [7, 11) is 0. The van der Waals surface area contributed by atoms with Gasteiger partial charge in [0.05, 0.1) is 11.4 Å². The molecule has 0 unspecified atom stereocenters. The average Bonchev–Trinajstić information content (AvgIpc) is 3.14. The maximum atomic E-state index is 12.6. The molecule has 0 fully saturated rings. The highest BCUT2D eigenvalue weighted by Crippen LogP contribution is 2.33. The lowest BCUT2D eigenvalue weighted by Crippen LogP contribution is -2.37. The Balaban J connectivity index is 1.61. The number of hydrogen-bond acceptors (Lipinski definition) is 6. The normalized spacial score (nSPS) is 12.1. The van der Waals surface area contributed by atoms with E-state index >= 15 is 0 Å². The molecule has 0 aromatic heterocycles. The van der Waals surface area contributed by atoms with Gasteiger partial charge in [0.1, 0.15) is 12.1 Å². The molecule has 9 nitrogen and oxygen atoms in total. The fourth-order valence-corrected chi connectivity index (χ4v) is 2.59. The molecule has 0 radical (unpaired) electrons. The van der Waals surface area contributed by atoms with Crippen LogP contribution in [0, 0.1) is 0 Å². The van der Waals surface area contributed by atoms with Crippen molar-refractivity contribution in [3.8, 4) is 11.5 Å². The van der Waals surface area contributed by atoms with Gasteiger partial charge in [0.15, 0.2) is 11.5 Å². The Morgan fingerprint density at radius 3 is 2.33 bits per heavy atom. The summed E-state index contributed by atoms with van der Waals surface area (Å²) < 4.78 is 15.6. The molecule has 0 saturated heterocycles. The number of benzene rings is 2. The Morgan fingerprint density at radius 2 is 1.63 bits per heavy atom. The molecule has 0 saturated carbocycles. The van der Waals surface area contributed by atoms with Crippen molar-refractivity contribution < 1.29 is 28.6 Å². The fourth-order valence-electron chi connectivity index (χ4n) is 2.59. The molecule has 1 aliphatic heterocycles. The van der Waals surface area contributed by atoms with Gasteiger partial charge in [0, 0.05) is 5.56 Å². The van der Waals surface area contributed by atoms with Gasteiger partial charge >= 0.3 is 6.09 Å². The summed E-state index contributed by atoms with van der Waals surface area (Å²) in [6.07, 6.45) is -0.693. The van der Waals surface area contributed by atoms with Crippen LogP contribution in [0.5, 0.6) is 11.5 Å². The lowest BCUT2D eigenvalue weighted by Gasteiger charge is -2.19. The van der Waals surface area contributed by atoms with E-state index in [0.29, 0.717) is 28.4 Å². The first-order valence-electron chi connectivity index (χ1n) is 9.28. The van der Waals surface area contributed by atoms with Crippen LogP contribution >= 0.6 is 0 Å². The van der Waals surface area contributed by atoms with E-state index in [4.69, 9.17) is 14.2 Å². The van der Waals surface area contributed by atoms with Crippen molar-refractivity contribution in [3.05, 3.63) is 48.0 Å². The molecule has 0 spiro atoms. The second-order valence-corrected chi connectivity index (χ2v) is 7.47. The number of para-hydroxylation sites is 2. The summed E-state index contributed by atoms with van der Waals surface area (Å²) in [5.74, 6) is 0.238. The molecule has 3 amide bonds. The molecule has 3 rings (SSSR count). The van der Waals surface area contributed by atoms with Crippen molar-refractivity contribution in [1.82, 2.24) is 5.32 Å². The van der Waals surface area contributed by atoms with Gasteiger partial charge in [-0.3, -0.25) is 9.59 Å². The number of fused-ring (bicyclic) bond motifs is 1. The monoisotopic (exact) mass is 413 g/mol. The topological polar surface area (TPSA) is 115 Å². The molecular weight excluding hydrogens is 390 g/mol. The van der Waals surface area contributed by atoms with Crippen LogP contribution in [0.2, 0.25) is 0 Å². The van der Waals surface area contributed by atoms with Crippen molar-refractivity contribution in [3.63, 3.8) is 0 Å². The van der Waals surface area contributed by atoms with E-state index in [-0.39, 0.29) is 19.2 Å². The highest BCUT2D eigenvalue weighted by atomic mass is 16.7. The SMILES string of the molecule is CC(C)(C)OC(=O)NCC(=O)Nc1ccccc1NC(=O)c1ccc2c(c1)OCO2. The number of ether oxygens (including phenoxy) is 3.